The fraction of sp³-hybridized carbons (Fsp3) is 0.188. The molecular formula is C16H16O2. The maximum Gasteiger partial charge on any atom is 0.200 e. The van der Waals surface area contributed by atoms with Gasteiger partial charge in [-0.1, -0.05) is 42.5 Å². The second-order valence-corrected chi connectivity index (χ2v) is 4.28. The molecule has 0 aromatic heterocycles. The molecule has 18 heavy (non-hydrogen) atoms. The minimum atomic E-state index is -0.00324. The molecule has 2 heteroatoms. The molecule has 2 aromatic carbocycles. The number of aryl methyl sites for hydroxylation is 1. The van der Waals surface area contributed by atoms with E-state index in [-0.39, 0.29) is 12.4 Å². The molecule has 2 aromatic rings. The van der Waals surface area contributed by atoms with Gasteiger partial charge in [0.05, 0.1) is 0 Å². The molecule has 0 unspecified atom stereocenters. The summed E-state index contributed by atoms with van der Waals surface area (Å²) >= 11 is 0. The Kier molecular flexibility index (Phi) is 3.78. The number of rotatable bonds is 4. The Morgan fingerprint density at radius 1 is 1.00 bits per heavy atom. The fourth-order valence-corrected chi connectivity index (χ4v) is 1.73. The van der Waals surface area contributed by atoms with Crippen molar-refractivity contribution < 1.29 is 9.53 Å². The van der Waals surface area contributed by atoms with Crippen molar-refractivity contribution in [2.75, 3.05) is 6.61 Å². The molecule has 0 aliphatic rings. The fourth-order valence-electron chi connectivity index (χ4n) is 1.73. The van der Waals surface area contributed by atoms with Crippen molar-refractivity contribution in [3.63, 3.8) is 0 Å². The lowest BCUT2D eigenvalue weighted by Gasteiger charge is -2.10. The van der Waals surface area contributed by atoms with Crippen molar-refractivity contribution >= 4 is 5.78 Å². The lowest BCUT2D eigenvalue weighted by Crippen LogP contribution is -2.12. The van der Waals surface area contributed by atoms with Gasteiger partial charge in [-0.3, -0.25) is 4.79 Å². The molecule has 0 fully saturated rings. The minimum Gasteiger partial charge on any atom is -0.485 e. The van der Waals surface area contributed by atoms with Gasteiger partial charge in [-0.05, 0) is 31.0 Å². The first-order valence-electron chi connectivity index (χ1n) is 5.96. The van der Waals surface area contributed by atoms with Crippen LogP contribution in [-0.2, 0) is 0 Å². The van der Waals surface area contributed by atoms with E-state index < -0.39 is 0 Å². The summed E-state index contributed by atoms with van der Waals surface area (Å²) in [6, 6.07) is 15.1. The van der Waals surface area contributed by atoms with Gasteiger partial charge in [-0.15, -0.1) is 0 Å². The van der Waals surface area contributed by atoms with Crippen LogP contribution in [0.4, 0.5) is 0 Å². The van der Waals surface area contributed by atoms with E-state index in [0.29, 0.717) is 5.56 Å². The predicted octanol–water partition coefficient (Wildman–Crippen LogP) is 3.57. The summed E-state index contributed by atoms with van der Waals surface area (Å²) in [5, 5.41) is 0. The molecule has 0 bridgehead atoms. The molecule has 0 aliphatic heterocycles. The highest BCUT2D eigenvalue weighted by Crippen LogP contribution is 2.20. The Bertz CT molecular complexity index is 544. The predicted molar refractivity (Wildman–Crippen MR) is 72.2 cm³/mol. The van der Waals surface area contributed by atoms with Gasteiger partial charge in [0.25, 0.3) is 0 Å². The van der Waals surface area contributed by atoms with Crippen LogP contribution in [0.2, 0.25) is 0 Å². The number of carbonyl (C=O) groups excluding carboxylic acids is 1. The van der Waals surface area contributed by atoms with E-state index in [0.717, 1.165) is 11.3 Å². The lowest BCUT2D eigenvalue weighted by molar-refractivity contribution is 0.0921. The highest BCUT2D eigenvalue weighted by Gasteiger charge is 2.07. The van der Waals surface area contributed by atoms with E-state index in [1.165, 1.54) is 5.56 Å². The van der Waals surface area contributed by atoms with Crippen LogP contribution in [-0.4, -0.2) is 12.4 Å². The van der Waals surface area contributed by atoms with E-state index in [1.807, 2.05) is 50.2 Å². The van der Waals surface area contributed by atoms with Crippen LogP contribution in [0.1, 0.15) is 21.5 Å². The molecule has 0 aliphatic carbocycles. The molecule has 0 radical (unpaired) electrons. The minimum absolute atomic E-state index is 0.00324. The quantitative estimate of drug-likeness (QED) is 0.764. The van der Waals surface area contributed by atoms with Crippen molar-refractivity contribution in [3.8, 4) is 5.75 Å². The molecule has 0 spiro atoms. The molecular weight excluding hydrogens is 224 g/mol. The summed E-state index contributed by atoms with van der Waals surface area (Å²) in [6.45, 7) is 4.10. The van der Waals surface area contributed by atoms with Crippen molar-refractivity contribution in [1.29, 1.82) is 0 Å². The zero-order valence-electron chi connectivity index (χ0n) is 10.6. The highest BCUT2D eigenvalue weighted by molar-refractivity contribution is 5.97. The van der Waals surface area contributed by atoms with Crippen molar-refractivity contribution in [1.82, 2.24) is 0 Å². The van der Waals surface area contributed by atoms with Crippen LogP contribution in [0.25, 0.3) is 0 Å². The Morgan fingerprint density at radius 2 is 1.72 bits per heavy atom. The third-order valence-electron chi connectivity index (χ3n) is 3.01. The van der Waals surface area contributed by atoms with E-state index in [4.69, 9.17) is 4.74 Å². The maximum absolute atomic E-state index is 11.9. The Balaban J connectivity index is 2.04. The van der Waals surface area contributed by atoms with Crippen LogP contribution in [0.5, 0.6) is 5.75 Å². The number of hydrogen-bond acceptors (Lipinski definition) is 2. The third kappa shape index (κ3) is 2.77. The first kappa shape index (κ1) is 12.4. The summed E-state index contributed by atoms with van der Waals surface area (Å²) in [6.07, 6.45) is 0. The van der Waals surface area contributed by atoms with E-state index in [2.05, 4.69) is 0 Å². The largest absolute Gasteiger partial charge is 0.485 e. The van der Waals surface area contributed by atoms with Gasteiger partial charge in [0.2, 0.25) is 0 Å². The number of benzene rings is 2. The van der Waals surface area contributed by atoms with Crippen molar-refractivity contribution in [2.45, 2.75) is 13.8 Å². The van der Waals surface area contributed by atoms with Crippen LogP contribution in [0, 0.1) is 13.8 Å². The van der Waals surface area contributed by atoms with E-state index >= 15 is 0 Å². The standard InChI is InChI=1S/C16H16O2/c1-12-7-6-10-16(13(12)2)18-11-15(17)14-8-4-3-5-9-14/h3-10H,11H2,1-2H3. The molecule has 0 N–H and O–H groups in total. The van der Waals surface area contributed by atoms with E-state index in [9.17, 15) is 4.79 Å². The monoisotopic (exact) mass is 240 g/mol. The molecule has 0 saturated carbocycles. The van der Waals surface area contributed by atoms with Crippen LogP contribution >= 0.6 is 0 Å². The topological polar surface area (TPSA) is 26.3 Å². The third-order valence-corrected chi connectivity index (χ3v) is 3.01. The van der Waals surface area contributed by atoms with Crippen LogP contribution in [0.3, 0.4) is 0 Å². The summed E-state index contributed by atoms with van der Waals surface area (Å²) in [4.78, 5) is 11.9. The van der Waals surface area contributed by atoms with Gasteiger partial charge >= 0.3 is 0 Å². The summed E-state index contributed by atoms with van der Waals surface area (Å²) < 4.78 is 5.58. The van der Waals surface area contributed by atoms with Gasteiger partial charge in [-0.25, -0.2) is 0 Å². The first-order chi connectivity index (χ1) is 8.68. The number of hydrogen-bond donors (Lipinski definition) is 0. The van der Waals surface area contributed by atoms with Gasteiger partial charge in [-0.2, -0.15) is 0 Å². The summed E-state index contributed by atoms with van der Waals surface area (Å²) in [7, 11) is 0. The first-order valence-corrected chi connectivity index (χ1v) is 5.96. The SMILES string of the molecule is Cc1cccc(OCC(=O)c2ccccc2)c1C. The van der Waals surface area contributed by atoms with Gasteiger partial charge in [0.1, 0.15) is 5.75 Å². The Hall–Kier alpha value is -2.09. The smallest absolute Gasteiger partial charge is 0.200 e. The number of ketones is 1. The molecule has 2 rings (SSSR count). The van der Waals surface area contributed by atoms with Gasteiger partial charge in [0.15, 0.2) is 12.4 Å². The molecule has 0 heterocycles. The Morgan fingerprint density at radius 3 is 2.44 bits per heavy atom. The number of carbonyl (C=O) groups is 1. The van der Waals surface area contributed by atoms with Gasteiger partial charge < -0.3 is 4.74 Å². The molecule has 0 atom stereocenters. The van der Waals surface area contributed by atoms with E-state index in [1.54, 1.807) is 12.1 Å². The normalized spacial score (nSPS) is 10.1. The maximum atomic E-state index is 11.9. The Labute approximate surface area is 107 Å². The molecule has 92 valence electrons. The van der Waals surface area contributed by atoms with Crippen LogP contribution < -0.4 is 4.74 Å². The second-order valence-electron chi connectivity index (χ2n) is 4.28. The zero-order chi connectivity index (χ0) is 13.0. The summed E-state index contributed by atoms with van der Waals surface area (Å²) in [5.74, 6) is 0.774. The number of ether oxygens (including phenoxy) is 1. The van der Waals surface area contributed by atoms with Crippen molar-refractivity contribution in [3.05, 3.63) is 65.2 Å². The van der Waals surface area contributed by atoms with Crippen LogP contribution in [0.15, 0.2) is 48.5 Å². The zero-order valence-corrected chi connectivity index (χ0v) is 10.6. The summed E-state index contributed by atoms with van der Waals surface area (Å²) in [5.41, 5.74) is 2.93. The molecule has 0 saturated heterocycles. The second kappa shape index (κ2) is 5.50. The van der Waals surface area contributed by atoms with Gasteiger partial charge in [0, 0.05) is 5.56 Å². The molecule has 2 nitrogen and oxygen atoms in total. The lowest BCUT2D eigenvalue weighted by atomic mass is 10.1. The average molecular weight is 240 g/mol. The average Bonchev–Trinajstić information content (AvgIpc) is 2.41. The highest BCUT2D eigenvalue weighted by atomic mass is 16.5. The van der Waals surface area contributed by atoms with Crippen molar-refractivity contribution in [2.24, 2.45) is 0 Å². The number of Topliss-reactive ketones (excluding diaryl/α,β-unsaturated/α-hetero) is 1. The molecule has 0 amide bonds.